The zero-order valence-corrected chi connectivity index (χ0v) is 19.2. The lowest BCUT2D eigenvalue weighted by Gasteiger charge is -2.41. The van der Waals surface area contributed by atoms with E-state index < -0.39 is 0 Å². The summed E-state index contributed by atoms with van der Waals surface area (Å²) in [6, 6.07) is 15.8. The molecule has 0 atom stereocenters. The Kier molecular flexibility index (Phi) is 6.71. The average Bonchev–Trinajstić information content (AvgIpc) is 3.36. The summed E-state index contributed by atoms with van der Waals surface area (Å²) >= 11 is 0. The fraction of sp³-hybridized carbons (Fsp3) is 0.440. The van der Waals surface area contributed by atoms with Crippen molar-refractivity contribution in [3.05, 3.63) is 59.7 Å². The van der Waals surface area contributed by atoms with Crippen LogP contribution in [0.2, 0.25) is 0 Å². The molecule has 0 bridgehead atoms. The van der Waals surface area contributed by atoms with Gasteiger partial charge in [0.15, 0.2) is 0 Å². The van der Waals surface area contributed by atoms with Gasteiger partial charge in [-0.3, -0.25) is 9.69 Å². The highest BCUT2D eigenvalue weighted by Crippen LogP contribution is 2.25. The van der Waals surface area contributed by atoms with E-state index in [1.807, 2.05) is 36.4 Å². The van der Waals surface area contributed by atoms with Gasteiger partial charge in [-0.25, -0.2) is 4.79 Å². The topological polar surface area (TPSA) is 103 Å². The van der Waals surface area contributed by atoms with Crippen molar-refractivity contribution in [3.8, 4) is 0 Å². The Labute approximate surface area is 198 Å². The van der Waals surface area contributed by atoms with Crippen LogP contribution in [0, 0.1) is 0 Å². The smallest absolute Gasteiger partial charge is 0.410 e. The van der Waals surface area contributed by atoms with Gasteiger partial charge in [0, 0.05) is 43.8 Å². The normalized spacial score (nSPS) is 21.4. The van der Waals surface area contributed by atoms with Crippen molar-refractivity contribution >= 4 is 23.0 Å². The maximum Gasteiger partial charge on any atom is 0.410 e. The molecule has 178 valence electrons. The summed E-state index contributed by atoms with van der Waals surface area (Å²) in [5.74, 6) is -0.0593. The van der Waals surface area contributed by atoms with Crippen LogP contribution in [-0.4, -0.2) is 75.5 Å². The van der Waals surface area contributed by atoms with E-state index in [-0.39, 0.29) is 18.0 Å². The molecule has 5 rings (SSSR count). The zero-order valence-electron chi connectivity index (χ0n) is 19.2. The molecule has 2 aromatic carbocycles. The summed E-state index contributed by atoms with van der Waals surface area (Å²) in [5.41, 5.74) is 3.05. The van der Waals surface area contributed by atoms with Crippen molar-refractivity contribution in [3.63, 3.8) is 0 Å². The summed E-state index contributed by atoms with van der Waals surface area (Å²) in [6.45, 7) is 3.41. The number of aromatic nitrogens is 3. The molecule has 2 fully saturated rings. The number of nitrogens with one attached hydrogen (secondary N) is 2. The minimum Gasteiger partial charge on any atom is -0.445 e. The number of nitrogens with zero attached hydrogens (tertiary/aromatic N) is 4. The number of benzene rings is 2. The highest BCUT2D eigenvalue weighted by Gasteiger charge is 2.30. The molecule has 2 amide bonds. The quantitative estimate of drug-likeness (QED) is 0.604. The second kappa shape index (κ2) is 10.2. The third-order valence-corrected chi connectivity index (χ3v) is 6.90. The van der Waals surface area contributed by atoms with E-state index >= 15 is 0 Å². The Morgan fingerprint density at radius 2 is 1.68 bits per heavy atom. The Balaban J connectivity index is 1.04. The molecule has 2 N–H and O–H groups in total. The maximum atomic E-state index is 12.7. The molecule has 1 aliphatic carbocycles. The average molecular weight is 463 g/mol. The van der Waals surface area contributed by atoms with E-state index in [0.29, 0.717) is 36.8 Å². The molecule has 1 aliphatic heterocycles. The monoisotopic (exact) mass is 462 g/mol. The lowest BCUT2D eigenvalue weighted by atomic mass is 9.89. The molecule has 9 nitrogen and oxygen atoms in total. The predicted molar refractivity (Wildman–Crippen MR) is 127 cm³/mol. The fourth-order valence-corrected chi connectivity index (χ4v) is 4.92. The molecule has 1 saturated carbocycles. The molecule has 2 aliphatic rings. The Bertz CT molecular complexity index is 1120. The van der Waals surface area contributed by atoms with Crippen molar-refractivity contribution in [2.24, 2.45) is 0 Å². The summed E-state index contributed by atoms with van der Waals surface area (Å²) < 4.78 is 5.47. The van der Waals surface area contributed by atoms with E-state index in [1.54, 1.807) is 17.0 Å². The molecule has 34 heavy (non-hydrogen) atoms. The van der Waals surface area contributed by atoms with E-state index in [0.717, 1.165) is 49.9 Å². The number of carbonyl (C=O) groups excluding carboxylic acids is 2. The molecular weight excluding hydrogens is 432 g/mol. The number of H-pyrrole nitrogens is 1. The van der Waals surface area contributed by atoms with Crippen LogP contribution in [0.1, 0.15) is 41.6 Å². The minimum atomic E-state index is -0.237. The van der Waals surface area contributed by atoms with E-state index in [2.05, 4.69) is 25.6 Å². The Morgan fingerprint density at radius 3 is 2.44 bits per heavy atom. The molecule has 9 heteroatoms. The third-order valence-electron chi connectivity index (χ3n) is 6.90. The van der Waals surface area contributed by atoms with Gasteiger partial charge in [0.05, 0.1) is 0 Å². The van der Waals surface area contributed by atoms with Crippen LogP contribution in [0.5, 0.6) is 0 Å². The number of amides is 2. The molecule has 3 aromatic rings. The number of hydrogen-bond donors (Lipinski definition) is 2. The maximum absolute atomic E-state index is 12.7. The van der Waals surface area contributed by atoms with Gasteiger partial charge in [-0.15, -0.1) is 0 Å². The summed E-state index contributed by atoms with van der Waals surface area (Å²) in [4.78, 5) is 29.4. The van der Waals surface area contributed by atoms with Gasteiger partial charge in [0.2, 0.25) is 0 Å². The Morgan fingerprint density at radius 1 is 0.941 bits per heavy atom. The second-order valence-electron chi connectivity index (χ2n) is 9.07. The van der Waals surface area contributed by atoms with Gasteiger partial charge in [0.25, 0.3) is 5.91 Å². The van der Waals surface area contributed by atoms with Crippen LogP contribution in [-0.2, 0) is 11.3 Å². The molecule has 0 unspecified atom stereocenters. The van der Waals surface area contributed by atoms with E-state index in [1.165, 1.54) is 0 Å². The van der Waals surface area contributed by atoms with Gasteiger partial charge < -0.3 is 15.0 Å². The van der Waals surface area contributed by atoms with Crippen LogP contribution in [0.4, 0.5) is 4.79 Å². The van der Waals surface area contributed by atoms with Gasteiger partial charge in [-0.05, 0) is 49.4 Å². The van der Waals surface area contributed by atoms with Crippen LogP contribution in [0.25, 0.3) is 11.0 Å². The van der Waals surface area contributed by atoms with Crippen LogP contribution in [0.15, 0.2) is 48.5 Å². The molecule has 1 saturated heterocycles. The van der Waals surface area contributed by atoms with Gasteiger partial charge >= 0.3 is 6.09 Å². The first-order chi connectivity index (χ1) is 16.7. The summed E-state index contributed by atoms with van der Waals surface area (Å²) in [7, 11) is 0. The molecule has 2 heterocycles. The lowest BCUT2D eigenvalue weighted by Crippen LogP contribution is -2.53. The molecule has 0 radical (unpaired) electrons. The third kappa shape index (κ3) is 5.20. The second-order valence-corrected chi connectivity index (χ2v) is 9.07. The van der Waals surface area contributed by atoms with Crippen molar-refractivity contribution in [2.45, 2.75) is 44.4 Å². The van der Waals surface area contributed by atoms with Crippen molar-refractivity contribution in [2.75, 3.05) is 26.2 Å². The van der Waals surface area contributed by atoms with Crippen molar-refractivity contribution in [1.82, 2.24) is 30.5 Å². The number of rotatable bonds is 5. The van der Waals surface area contributed by atoms with Gasteiger partial charge in [-0.2, -0.15) is 15.4 Å². The number of aromatic amines is 1. The lowest BCUT2D eigenvalue weighted by molar-refractivity contribution is 0.0505. The number of ether oxygens (including phenoxy) is 1. The van der Waals surface area contributed by atoms with Gasteiger partial charge in [-0.1, -0.05) is 30.3 Å². The van der Waals surface area contributed by atoms with Gasteiger partial charge in [0.1, 0.15) is 17.6 Å². The number of carbonyl (C=O) groups is 2. The zero-order chi connectivity index (χ0) is 23.3. The first kappa shape index (κ1) is 22.3. The minimum absolute atomic E-state index is 0.0593. The standard InChI is InChI=1S/C25H30N6O3/c32-24(19-6-11-22-23(16-19)28-29-27-22)26-20-7-9-21(10-8-20)30-12-14-31(15-13-30)25(33)34-17-18-4-2-1-3-5-18/h1-6,11,16,20-21H,7-10,12-15,17H2,(H,26,32)(H,27,28,29). The summed E-state index contributed by atoms with van der Waals surface area (Å²) in [5, 5.41) is 13.8. The largest absolute Gasteiger partial charge is 0.445 e. The van der Waals surface area contributed by atoms with Crippen molar-refractivity contribution in [1.29, 1.82) is 0 Å². The highest BCUT2D eigenvalue weighted by atomic mass is 16.6. The number of fused-ring (bicyclic) bond motifs is 1. The first-order valence-electron chi connectivity index (χ1n) is 12.0. The van der Waals surface area contributed by atoms with E-state index in [4.69, 9.17) is 4.74 Å². The van der Waals surface area contributed by atoms with Crippen LogP contribution < -0.4 is 5.32 Å². The van der Waals surface area contributed by atoms with Crippen LogP contribution in [0.3, 0.4) is 0 Å². The molecule has 1 aromatic heterocycles. The Hall–Kier alpha value is -3.46. The SMILES string of the molecule is O=C(NC1CCC(N2CCN(C(=O)OCc3ccccc3)CC2)CC1)c1ccc2n[nH]nc2c1. The predicted octanol–water partition coefficient (Wildman–Crippen LogP) is 2.95. The van der Waals surface area contributed by atoms with Crippen LogP contribution >= 0.6 is 0 Å². The first-order valence-corrected chi connectivity index (χ1v) is 12.0. The highest BCUT2D eigenvalue weighted by molar-refractivity contribution is 5.97. The van der Waals surface area contributed by atoms with Crippen molar-refractivity contribution < 1.29 is 14.3 Å². The van der Waals surface area contributed by atoms with E-state index in [9.17, 15) is 9.59 Å². The summed E-state index contributed by atoms with van der Waals surface area (Å²) in [6.07, 6.45) is 3.78. The number of hydrogen-bond acceptors (Lipinski definition) is 6. The molecular formula is C25H30N6O3. The molecule has 0 spiro atoms. The number of piperazine rings is 1. The fourth-order valence-electron chi connectivity index (χ4n) is 4.92.